The van der Waals surface area contributed by atoms with Crippen molar-refractivity contribution in [3.63, 3.8) is 0 Å². The molecule has 0 saturated heterocycles. The second kappa shape index (κ2) is 3.17. The fraction of sp³-hybridized carbons (Fsp3) is 0.286. The molecule has 2 heterocycles. The van der Waals surface area contributed by atoms with Gasteiger partial charge in [-0.05, 0) is 0 Å². The van der Waals surface area contributed by atoms with Crippen LogP contribution in [0.1, 0.15) is 0 Å². The Kier molecular flexibility index (Phi) is 1.85. The molecular weight excluding hydrogens is 154 g/mol. The first kappa shape index (κ1) is 7.02. The third-order valence-electron chi connectivity index (χ3n) is 1.61. The van der Waals surface area contributed by atoms with Crippen LogP contribution < -0.4 is 0 Å². The van der Waals surface area contributed by atoms with Crippen molar-refractivity contribution in [3.8, 4) is 0 Å². The van der Waals surface area contributed by atoms with Crippen molar-refractivity contribution in [1.29, 1.82) is 0 Å². The third-order valence-corrected chi connectivity index (χ3v) is 1.61. The average molecular weight is 163 g/mol. The summed E-state index contributed by atoms with van der Waals surface area (Å²) >= 11 is 0. The highest BCUT2D eigenvalue weighted by molar-refractivity contribution is 4.73. The highest BCUT2D eigenvalue weighted by Crippen LogP contribution is 1.88. The van der Waals surface area contributed by atoms with E-state index in [0.717, 1.165) is 13.1 Å². The minimum Gasteiger partial charge on any atom is -0.336 e. The van der Waals surface area contributed by atoms with Gasteiger partial charge in [0.15, 0.2) is 0 Å². The summed E-state index contributed by atoms with van der Waals surface area (Å²) in [7, 11) is 0. The second-order valence-corrected chi connectivity index (χ2v) is 2.46. The van der Waals surface area contributed by atoms with Gasteiger partial charge in [-0.3, -0.25) is 4.68 Å². The maximum Gasteiger partial charge on any atom is 0.137 e. The molecule has 5 heteroatoms. The normalized spacial score (nSPS) is 10.3. The Morgan fingerprint density at radius 2 is 2.08 bits per heavy atom. The fourth-order valence-corrected chi connectivity index (χ4v) is 0.985. The zero-order valence-electron chi connectivity index (χ0n) is 6.54. The van der Waals surface area contributed by atoms with Crippen LogP contribution in [-0.2, 0) is 13.1 Å². The van der Waals surface area contributed by atoms with Crippen LogP contribution in [0.3, 0.4) is 0 Å². The van der Waals surface area contributed by atoms with E-state index in [1.54, 1.807) is 23.5 Å². The Bertz CT molecular complexity index is 275. The van der Waals surface area contributed by atoms with Gasteiger partial charge in [0, 0.05) is 18.9 Å². The lowest BCUT2D eigenvalue weighted by atomic mass is 10.6. The molecule has 0 atom stereocenters. The minimum atomic E-state index is 0.830. The van der Waals surface area contributed by atoms with Crippen LogP contribution in [0.2, 0.25) is 0 Å². The van der Waals surface area contributed by atoms with Crippen LogP contribution in [0.4, 0.5) is 0 Å². The van der Waals surface area contributed by atoms with E-state index in [2.05, 4.69) is 15.1 Å². The molecule has 0 unspecified atom stereocenters. The van der Waals surface area contributed by atoms with Gasteiger partial charge >= 0.3 is 0 Å². The van der Waals surface area contributed by atoms with E-state index < -0.39 is 0 Å². The summed E-state index contributed by atoms with van der Waals surface area (Å²) in [5.41, 5.74) is 0. The molecular formula is C7H9N5. The standard InChI is InChI=1S/C7H9N5/c1-2-11(6-8-1)3-4-12-7-9-5-10-12/h1-2,5-7H,3-4H2. The molecule has 62 valence electrons. The van der Waals surface area contributed by atoms with Gasteiger partial charge < -0.3 is 4.57 Å². The Morgan fingerprint density at radius 1 is 1.08 bits per heavy atom. The molecule has 0 spiro atoms. The maximum absolute atomic E-state index is 3.99. The summed E-state index contributed by atoms with van der Waals surface area (Å²) in [6.45, 7) is 1.71. The van der Waals surface area contributed by atoms with E-state index in [4.69, 9.17) is 0 Å². The number of hydrogen-bond donors (Lipinski definition) is 0. The Morgan fingerprint density at radius 3 is 2.75 bits per heavy atom. The molecule has 2 rings (SSSR count). The lowest BCUT2D eigenvalue weighted by molar-refractivity contribution is 0.532. The van der Waals surface area contributed by atoms with E-state index in [1.807, 2.05) is 10.8 Å². The fourth-order valence-electron chi connectivity index (χ4n) is 0.985. The predicted octanol–water partition coefficient (Wildman–Crippen LogP) is 0.175. The van der Waals surface area contributed by atoms with E-state index in [9.17, 15) is 0 Å². The van der Waals surface area contributed by atoms with Crippen LogP contribution in [-0.4, -0.2) is 24.3 Å². The van der Waals surface area contributed by atoms with Crippen molar-refractivity contribution < 1.29 is 0 Å². The molecule has 0 saturated carbocycles. The van der Waals surface area contributed by atoms with Gasteiger partial charge in [0.1, 0.15) is 12.7 Å². The lowest BCUT2D eigenvalue weighted by Gasteiger charge is -2.00. The number of aromatic nitrogens is 5. The van der Waals surface area contributed by atoms with Crippen molar-refractivity contribution in [3.05, 3.63) is 31.4 Å². The molecule has 0 aliphatic carbocycles. The Balaban J connectivity index is 1.91. The van der Waals surface area contributed by atoms with E-state index in [0.29, 0.717) is 0 Å². The van der Waals surface area contributed by atoms with Crippen molar-refractivity contribution in [2.45, 2.75) is 13.1 Å². The quantitative estimate of drug-likeness (QED) is 0.648. The van der Waals surface area contributed by atoms with E-state index in [-0.39, 0.29) is 0 Å². The van der Waals surface area contributed by atoms with E-state index in [1.165, 1.54) is 6.33 Å². The smallest absolute Gasteiger partial charge is 0.137 e. The Hall–Kier alpha value is -1.65. The summed E-state index contributed by atoms with van der Waals surface area (Å²) in [6.07, 6.45) is 8.72. The molecule has 2 aromatic heterocycles. The number of hydrogen-bond acceptors (Lipinski definition) is 3. The van der Waals surface area contributed by atoms with Crippen LogP contribution in [0.15, 0.2) is 31.4 Å². The Labute approximate surface area is 69.7 Å². The topological polar surface area (TPSA) is 48.5 Å². The minimum absolute atomic E-state index is 0.830. The largest absolute Gasteiger partial charge is 0.336 e. The van der Waals surface area contributed by atoms with Gasteiger partial charge in [-0.1, -0.05) is 0 Å². The molecule has 0 amide bonds. The van der Waals surface area contributed by atoms with E-state index >= 15 is 0 Å². The van der Waals surface area contributed by atoms with Crippen molar-refractivity contribution in [1.82, 2.24) is 24.3 Å². The lowest BCUT2D eigenvalue weighted by Crippen LogP contribution is -2.05. The molecule has 0 N–H and O–H groups in total. The van der Waals surface area contributed by atoms with Crippen molar-refractivity contribution in [2.75, 3.05) is 0 Å². The number of nitrogens with zero attached hydrogens (tertiary/aromatic N) is 5. The van der Waals surface area contributed by atoms with Crippen LogP contribution in [0.25, 0.3) is 0 Å². The van der Waals surface area contributed by atoms with Crippen LogP contribution in [0, 0.1) is 0 Å². The molecule has 12 heavy (non-hydrogen) atoms. The summed E-state index contributed by atoms with van der Waals surface area (Å²) < 4.78 is 3.79. The van der Waals surface area contributed by atoms with Gasteiger partial charge in [0.25, 0.3) is 0 Å². The van der Waals surface area contributed by atoms with Gasteiger partial charge in [-0.15, -0.1) is 0 Å². The molecule has 2 aromatic rings. The summed E-state index contributed by atoms with van der Waals surface area (Å²) in [5, 5.41) is 3.99. The zero-order chi connectivity index (χ0) is 8.23. The average Bonchev–Trinajstić information content (AvgIpc) is 2.74. The van der Waals surface area contributed by atoms with Crippen LogP contribution in [0.5, 0.6) is 0 Å². The molecule has 0 radical (unpaired) electrons. The number of aryl methyl sites for hydroxylation is 2. The van der Waals surface area contributed by atoms with Crippen LogP contribution >= 0.6 is 0 Å². The highest BCUT2D eigenvalue weighted by atomic mass is 15.3. The summed E-state index contributed by atoms with van der Waals surface area (Å²) in [4.78, 5) is 7.79. The predicted molar refractivity (Wildman–Crippen MR) is 42.2 cm³/mol. The number of rotatable bonds is 3. The van der Waals surface area contributed by atoms with Gasteiger partial charge in [-0.2, -0.15) is 5.10 Å². The monoisotopic (exact) mass is 163 g/mol. The zero-order valence-corrected chi connectivity index (χ0v) is 6.54. The molecule has 0 aliphatic heterocycles. The van der Waals surface area contributed by atoms with Gasteiger partial charge in [-0.25, -0.2) is 9.97 Å². The third kappa shape index (κ3) is 1.50. The number of imidazole rings is 1. The molecule has 0 bridgehead atoms. The summed E-state index contributed by atoms with van der Waals surface area (Å²) in [5.74, 6) is 0. The van der Waals surface area contributed by atoms with Crippen molar-refractivity contribution >= 4 is 0 Å². The van der Waals surface area contributed by atoms with Gasteiger partial charge in [0.05, 0.1) is 12.9 Å². The molecule has 0 aliphatic rings. The molecule has 0 aromatic carbocycles. The molecule has 5 nitrogen and oxygen atoms in total. The summed E-state index contributed by atoms with van der Waals surface area (Å²) in [6, 6.07) is 0. The van der Waals surface area contributed by atoms with Crippen molar-refractivity contribution in [2.24, 2.45) is 0 Å². The second-order valence-electron chi connectivity index (χ2n) is 2.46. The van der Waals surface area contributed by atoms with Gasteiger partial charge in [0.2, 0.25) is 0 Å². The molecule has 0 fully saturated rings. The highest BCUT2D eigenvalue weighted by Gasteiger charge is 1.91. The first-order valence-corrected chi connectivity index (χ1v) is 3.73. The SMILES string of the molecule is c1cn(CCn2cncn2)cn1. The first-order chi connectivity index (χ1) is 5.95. The maximum atomic E-state index is 3.99. The first-order valence-electron chi connectivity index (χ1n) is 3.73.